The van der Waals surface area contributed by atoms with Gasteiger partial charge in [0.05, 0.1) is 25.0 Å². The van der Waals surface area contributed by atoms with Crippen molar-refractivity contribution in [2.75, 3.05) is 6.61 Å². The first-order valence-corrected chi connectivity index (χ1v) is 7.99. The molecule has 0 amide bonds. The van der Waals surface area contributed by atoms with Crippen molar-refractivity contribution < 1.29 is 23.5 Å². The molecule has 0 bridgehead atoms. The minimum atomic E-state index is -0.544. The number of imidazole rings is 1. The smallest absolute Gasteiger partial charge is 0.306 e. The van der Waals surface area contributed by atoms with E-state index in [1.54, 1.807) is 13.1 Å². The molecule has 0 aliphatic rings. The standard InChI is InChI=1S/C18H19FN2O4/c1-2-25-18(24)8-5-14(22)4-7-17(23)13-3-6-16(15(19)11-13)21-10-9-20-12-21/h3,6,9-12H,2,4-5,7-8H2,1H3. The number of hydrogen-bond donors (Lipinski definition) is 0. The lowest BCUT2D eigenvalue weighted by Crippen LogP contribution is -2.09. The van der Waals surface area contributed by atoms with Crippen LogP contribution in [0.5, 0.6) is 0 Å². The monoisotopic (exact) mass is 346 g/mol. The van der Waals surface area contributed by atoms with Gasteiger partial charge in [-0.1, -0.05) is 0 Å². The van der Waals surface area contributed by atoms with E-state index in [1.807, 2.05) is 0 Å². The zero-order chi connectivity index (χ0) is 18.2. The molecule has 1 aromatic carbocycles. The number of esters is 1. The van der Waals surface area contributed by atoms with E-state index in [1.165, 1.54) is 29.2 Å². The number of benzene rings is 1. The Kier molecular flexibility index (Phi) is 6.56. The van der Waals surface area contributed by atoms with Crippen LogP contribution < -0.4 is 0 Å². The van der Waals surface area contributed by atoms with E-state index in [-0.39, 0.29) is 49.4 Å². The van der Waals surface area contributed by atoms with Gasteiger partial charge in [0.1, 0.15) is 11.6 Å². The van der Waals surface area contributed by atoms with Crippen LogP contribution in [0.15, 0.2) is 36.9 Å². The molecule has 1 aromatic heterocycles. The van der Waals surface area contributed by atoms with Crippen LogP contribution in [0.2, 0.25) is 0 Å². The van der Waals surface area contributed by atoms with Crippen molar-refractivity contribution in [3.63, 3.8) is 0 Å². The van der Waals surface area contributed by atoms with Crippen molar-refractivity contribution >= 4 is 17.5 Å². The van der Waals surface area contributed by atoms with Crippen LogP contribution in [0, 0.1) is 5.82 Å². The molecular weight excluding hydrogens is 327 g/mol. The van der Waals surface area contributed by atoms with Crippen LogP contribution >= 0.6 is 0 Å². The number of ketones is 2. The van der Waals surface area contributed by atoms with Crippen LogP contribution in [0.25, 0.3) is 5.69 Å². The lowest BCUT2D eigenvalue weighted by molar-refractivity contribution is -0.144. The van der Waals surface area contributed by atoms with Crippen molar-refractivity contribution in [2.45, 2.75) is 32.6 Å². The molecule has 6 nitrogen and oxygen atoms in total. The summed E-state index contributed by atoms with van der Waals surface area (Å²) in [5, 5.41) is 0. The lowest BCUT2D eigenvalue weighted by Gasteiger charge is -2.06. The number of nitrogens with zero attached hydrogens (tertiary/aromatic N) is 2. The van der Waals surface area contributed by atoms with Gasteiger partial charge in [0.15, 0.2) is 5.78 Å². The molecule has 132 valence electrons. The van der Waals surface area contributed by atoms with E-state index in [9.17, 15) is 18.8 Å². The second kappa shape index (κ2) is 8.86. The molecule has 7 heteroatoms. The maximum Gasteiger partial charge on any atom is 0.306 e. The number of hydrogen-bond acceptors (Lipinski definition) is 5. The van der Waals surface area contributed by atoms with Crippen molar-refractivity contribution in [3.05, 3.63) is 48.3 Å². The fourth-order valence-corrected chi connectivity index (χ4v) is 2.29. The van der Waals surface area contributed by atoms with Crippen LogP contribution in [-0.4, -0.2) is 33.7 Å². The Morgan fingerprint density at radius 3 is 2.56 bits per heavy atom. The maximum atomic E-state index is 14.1. The number of carbonyl (C=O) groups is 3. The Hall–Kier alpha value is -2.83. The first-order valence-electron chi connectivity index (χ1n) is 7.99. The number of halogens is 1. The first kappa shape index (κ1) is 18.5. The van der Waals surface area contributed by atoms with Gasteiger partial charge in [-0.2, -0.15) is 0 Å². The van der Waals surface area contributed by atoms with Crippen LogP contribution in [0.4, 0.5) is 4.39 Å². The van der Waals surface area contributed by atoms with Gasteiger partial charge in [0.2, 0.25) is 0 Å². The third kappa shape index (κ3) is 5.34. The summed E-state index contributed by atoms with van der Waals surface area (Å²) in [6, 6.07) is 4.16. The Morgan fingerprint density at radius 2 is 1.92 bits per heavy atom. The summed E-state index contributed by atoms with van der Waals surface area (Å²) in [6.07, 6.45) is 4.63. The number of Topliss-reactive ketones (excluding diaryl/α,β-unsaturated/α-hetero) is 2. The van der Waals surface area contributed by atoms with E-state index in [0.29, 0.717) is 5.69 Å². The highest BCUT2D eigenvalue weighted by molar-refractivity contribution is 5.98. The highest BCUT2D eigenvalue weighted by atomic mass is 19.1. The average Bonchev–Trinajstić information content (AvgIpc) is 3.12. The van der Waals surface area contributed by atoms with Gasteiger partial charge in [0.25, 0.3) is 0 Å². The third-order valence-electron chi connectivity index (χ3n) is 3.60. The molecule has 1 heterocycles. The molecule has 0 spiro atoms. The van der Waals surface area contributed by atoms with Crippen molar-refractivity contribution in [3.8, 4) is 5.69 Å². The first-order chi connectivity index (χ1) is 12.0. The number of aromatic nitrogens is 2. The number of rotatable bonds is 9. The van der Waals surface area contributed by atoms with Crippen molar-refractivity contribution in [1.29, 1.82) is 0 Å². The van der Waals surface area contributed by atoms with Gasteiger partial charge in [-0.05, 0) is 25.1 Å². The highest BCUT2D eigenvalue weighted by Gasteiger charge is 2.14. The number of ether oxygens (including phenoxy) is 1. The molecule has 0 aliphatic carbocycles. The second-order valence-corrected chi connectivity index (χ2v) is 5.40. The maximum absolute atomic E-state index is 14.1. The average molecular weight is 346 g/mol. The highest BCUT2D eigenvalue weighted by Crippen LogP contribution is 2.17. The fraction of sp³-hybridized carbons (Fsp3) is 0.333. The molecule has 0 fully saturated rings. The summed E-state index contributed by atoms with van der Waals surface area (Å²) in [5.74, 6) is -1.49. The van der Waals surface area contributed by atoms with E-state index >= 15 is 0 Å². The van der Waals surface area contributed by atoms with E-state index in [2.05, 4.69) is 4.98 Å². The second-order valence-electron chi connectivity index (χ2n) is 5.40. The predicted octanol–water partition coefficient (Wildman–Crippen LogP) is 2.89. The van der Waals surface area contributed by atoms with Crippen molar-refractivity contribution in [2.24, 2.45) is 0 Å². The van der Waals surface area contributed by atoms with E-state index < -0.39 is 11.8 Å². The van der Waals surface area contributed by atoms with E-state index in [4.69, 9.17) is 4.74 Å². The summed E-state index contributed by atoms with van der Waals surface area (Å²) in [7, 11) is 0. The molecule has 25 heavy (non-hydrogen) atoms. The van der Waals surface area contributed by atoms with Crippen LogP contribution in [0.3, 0.4) is 0 Å². The summed E-state index contributed by atoms with van der Waals surface area (Å²) >= 11 is 0. The molecule has 2 aromatic rings. The van der Waals surface area contributed by atoms with Gasteiger partial charge < -0.3 is 9.30 Å². The van der Waals surface area contributed by atoms with Gasteiger partial charge >= 0.3 is 5.97 Å². The zero-order valence-corrected chi connectivity index (χ0v) is 13.9. The zero-order valence-electron chi connectivity index (χ0n) is 13.9. The Balaban J connectivity index is 1.88. The van der Waals surface area contributed by atoms with E-state index in [0.717, 1.165) is 6.07 Å². The predicted molar refractivity (Wildman–Crippen MR) is 88.0 cm³/mol. The minimum Gasteiger partial charge on any atom is -0.466 e. The Bertz CT molecular complexity index is 756. The molecule has 0 aliphatic heterocycles. The Labute approximate surface area is 144 Å². The summed E-state index contributed by atoms with van der Waals surface area (Å²) < 4.78 is 20.4. The largest absolute Gasteiger partial charge is 0.466 e. The van der Waals surface area contributed by atoms with Gasteiger partial charge in [-0.3, -0.25) is 14.4 Å². The normalized spacial score (nSPS) is 10.5. The van der Waals surface area contributed by atoms with Gasteiger partial charge in [-0.15, -0.1) is 0 Å². The van der Waals surface area contributed by atoms with Crippen LogP contribution in [-0.2, 0) is 14.3 Å². The molecule has 0 radical (unpaired) electrons. The molecule has 0 unspecified atom stereocenters. The number of carbonyl (C=O) groups excluding carboxylic acids is 3. The molecule has 0 N–H and O–H groups in total. The summed E-state index contributed by atoms with van der Waals surface area (Å²) in [5.41, 5.74) is 0.499. The fourth-order valence-electron chi connectivity index (χ4n) is 2.29. The van der Waals surface area contributed by atoms with Crippen molar-refractivity contribution in [1.82, 2.24) is 9.55 Å². The molecule has 0 saturated heterocycles. The lowest BCUT2D eigenvalue weighted by atomic mass is 10.0. The van der Waals surface area contributed by atoms with Crippen LogP contribution in [0.1, 0.15) is 43.0 Å². The summed E-state index contributed by atoms with van der Waals surface area (Å²) in [6.45, 7) is 1.96. The minimum absolute atomic E-state index is 0.00902. The Morgan fingerprint density at radius 1 is 1.16 bits per heavy atom. The quantitative estimate of drug-likeness (QED) is 0.515. The van der Waals surface area contributed by atoms with Gasteiger partial charge in [-0.25, -0.2) is 9.37 Å². The summed E-state index contributed by atoms with van der Waals surface area (Å²) in [4.78, 5) is 38.9. The SMILES string of the molecule is CCOC(=O)CCC(=O)CCC(=O)c1ccc(-n2ccnc2)c(F)c1. The third-order valence-corrected chi connectivity index (χ3v) is 3.60. The molecular formula is C18H19FN2O4. The topological polar surface area (TPSA) is 78.3 Å². The molecule has 0 atom stereocenters. The molecule has 0 saturated carbocycles. The van der Waals surface area contributed by atoms with Gasteiger partial charge in [0, 0.05) is 37.2 Å². The molecule has 2 rings (SSSR count).